The Kier molecular flexibility index (Phi) is 4.55. The molecule has 2 N–H and O–H groups in total. The van der Waals surface area contributed by atoms with Crippen molar-refractivity contribution in [3.8, 4) is 0 Å². The molecule has 2 amide bonds. The van der Waals surface area contributed by atoms with Gasteiger partial charge >= 0.3 is 12.2 Å². The van der Waals surface area contributed by atoms with Gasteiger partial charge in [-0.15, -0.1) is 0 Å². The maximum absolute atomic E-state index is 12.4. The van der Waals surface area contributed by atoms with E-state index in [1.54, 1.807) is 6.92 Å². The van der Waals surface area contributed by atoms with Crippen LogP contribution in [-0.2, 0) is 10.9 Å². The molecule has 0 bridgehead atoms. The second kappa shape index (κ2) is 5.72. The highest BCUT2D eigenvalue weighted by atomic mass is 19.4. The van der Waals surface area contributed by atoms with Crippen LogP contribution in [0.3, 0.4) is 0 Å². The summed E-state index contributed by atoms with van der Waals surface area (Å²) in [7, 11) is 0. The van der Waals surface area contributed by atoms with Gasteiger partial charge in [0.15, 0.2) is 0 Å². The second-order valence-corrected chi connectivity index (χ2v) is 3.43. The van der Waals surface area contributed by atoms with E-state index in [0.29, 0.717) is 6.61 Å². The summed E-state index contributed by atoms with van der Waals surface area (Å²) >= 11 is 0. The third kappa shape index (κ3) is 3.63. The van der Waals surface area contributed by atoms with Crippen LogP contribution < -0.4 is 10.6 Å². The number of hydrogen-bond acceptors (Lipinski definition) is 2. The fraction of sp³-hybridized carbons (Fsp3) is 0.364. The first-order valence-electron chi connectivity index (χ1n) is 5.18. The molecule has 0 heterocycles. The molecule has 7 heteroatoms. The fourth-order valence-electron chi connectivity index (χ4n) is 1.28. The number of benzene rings is 1. The van der Waals surface area contributed by atoms with Gasteiger partial charge in [-0.25, -0.2) is 4.79 Å². The molecule has 1 aromatic rings. The molecule has 18 heavy (non-hydrogen) atoms. The Morgan fingerprint density at radius 1 is 1.33 bits per heavy atom. The third-order valence-corrected chi connectivity index (χ3v) is 2.20. The molecule has 0 radical (unpaired) electrons. The molecule has 0 saturated carbocycles. The number of rotatable bonds is 4. The van der Waals surface area contributed by atoms with Crippen molar-refractivity contribution >= 4 is 11.7 Å². The number of urea groups is 1. The van der Waals surface area contributed by atoms with Gasteiger partial charge in [0, 0.05) is 12.3 Å². The lowest BCUT2D eigenvalue weighted by Gasteiger charge is -2.20. The normalized spacial score (nSPS) is 11.3. The van der Waals surface area contributed by atoms with E-state index in [0.717, 1.165) is 17.0 Å². The number of ether oxygens (including phenoxy) is 1. The average molecular weight is 262 g/mol. The summed E-state index contributed by atoms with van der Waals surface area (Å²) in [5, 5.41) is 0. The van der Waals surface area contributed by atoms with Crippen LogP contribution in [0, 0.1) is 0 Å². The molecule has 0 fully saturated rings. The Bertz CT molecular complexity index is 404. The van der Waals surface area contributed by atoms with Crippen LogP contribution in [0.15, 0.2) is 24.3 Å². The molecule has 100 valence electrons. The number of anilines is 1. The zero-order valence-corrected chi connectivity index (χ0v) is 9.70. The van der Waals surface area contributed by atoms with Crippen LogP contribution in [0.25, 0.3) is 0 Å². The van der Waals surface area contributed by atoms with E-state index < -0.39 is 17.8 Å². The van der Waals surface area contributed by atoms with Crippen LogP contribution in [0.5, 0.6) is 0 Å². The molecular formula is C11H13F3N2O2. The van der Waals surface area contributed by atoms with Gasteiger partial charge < -0.3 is 10.5 Å². The van der Waals surface area contributed by atoms with Gasteiger partial charge in [0.1, 0.15) is 6.73 Å². The molecule has 1 rings (SSSR count). The van der Waals surface area contributed by atoms with Crippen molar-refractivity contribution in [2.75, 3.05) is 18.2 Å². The summed E-state index contributed by atoms with van der Waals surface area (Å²) in [6.45, 7) is 1.99. The average Bonchev–Trinajstić information content (AvgIpc) is 2.28. The van der Waals surface area contributed by atoms with E-state index in [4.69, 9.17) is 10.5 Å². The van der Waals surface area contributed by atoms with Crippen molar-refractivity contribution in [3.63, 3.8) is 0 Å². The summed E-state index contributed by atoms with van der Waals surface area (Å²) in [6.07, 6.45) is -4.41. The molecule has 0 aliphatic rings. The number of alkyl halides is 3. The van der Waals surface area contributed by atoms with Crippen molar-refractivity contribution in [1.29, 1.82) is 0 Å². The topological polar surface area (TPSA) is 55.6 Å². The van der Waals surface area contributed by atoms with Gasteiger partial charge in [-0.05, 0) is 31.2 Å². The Hall–Kier alpha value is -1.76. The van der Waals surface area contributed by atoms with E-state index in [1.807, 2.05) is 0 Å². The van der Waals surface area contributed by atoms with Gasteiger partial charge in [0.25, 0.3) is 0 Å². The van der Waals surface area contributed by atoms with Crippen LogP contribution >= 0.6 is 0 Å². The number of primary amides is 1. The molecule has 0 unspecified atom stereocenters. The Morgan fingerprint density at radius 3 is 2.28 bits per heavy atom. The number of halogens is 3. The van der Waals surface area contributed by atoms with E-state index in [1.165, 1.54) is 12.1 Å². The molecule has 0 atom stereocenters. The van der Waals surface area contributed by atoms with E-state index >= 15 is 0 Å². The second-order valence-electron chi connectivity index (χ2n) is 3.43. The van der Waals surface area contributed by atoms with Gasteiger partial charge in [0.2, 0.25) is 0 Å². The minimum Gasteiger partial charge on any atom is -0.361 e. The smallest absolute Gasteiger partial charge is 0.361 e. The number of nitrogens with two attached hydrogens (primary N) is 1. The number of nitrogens with zero attached hydrogens (tertiary/aromatic N) is 1. The summed E-state index contributed by atoms with van der Waals surface area (Å²) in [5.74, 6) is 0. The van der Waals surface area contributed by atoms with E-state index in [-0.39, 0.29) is 12.4 Å². The molecule has 0 aromatic heterocycles. The highest BCUT2D eigenvalue weighted by Crippen LogP contribution is 2.30. The van der Waals surface area contributed by atoms with Crippen LogP contribution in [0.1, 0.15) is 12.5 Å². The summed E-state index contributed by atoms with van der Waals surface area (Å²) in [4.78, 5) is 12.2. The lowest BCUT2D eigenvalue weighted by Crippen LogP contribution is -2.37. The van der Waals surface area contributed by atoms with Crippen LogP contribution in [0.2, 0.25) is 0 Å². The van der Waals surface area contributed by atoms with Gasteiger partial charge in [-0.1, -0.05) is 0 Å². The third-order valence-electron chi connectivity index (χ3n) is 2.20. The summed E-state index contributed by atoms with van der Waals surface area (Å²) in [6, 6.07) is 3.33. The van der Waals surface area contributed by atoms with Gasteiger partial charge in [-0.3, -0.25) is 4.90 Å². The van der Waals surface area contributed by atoms with Gasteiger partial charge in [-0.2, -0.15) is 13.2 Å². The van der Waals surface area contributed by atoms with Crippen LogP contribution in [0.4, 0.5) is 23.7 Å². The first-order chi connectivity index (χ1) is 8.36. The Labute approximate surface area is 102 Å². The summed E-state index contributed by atoms with van der Waals surface area (Å²) in [5.41, 5.74) is 4.59. The standard InChI is InChI=1S/C11H13F3N2O2/c1-2-18-7-16(10(15)17)9-5-3-8(4-6-9)11(12,13)14/h3-6H,2,7H2,1H3,(H2,15,17). The zero-order valence-electron chi connectivity index (χ0n) is 9.70. The van der Waals surface area contributed by atoms with Crippen molar-refractivity contribution in [2.24, 2.45) is 5.73 Å². The number of amides is 2. The van der Waals surface area contributed by atoms with E-state index in [9.17, 15) is 18.0 Å². The highest BCUT2D eigenvalue weighted by Gasteiger charge is 2.30. The number of hydrogen-bond donors (Lipinski definition) is 1. The van der Waals surface area contributed by atoms with E-state index in [2.05, 4.69) is 0 Å². The monoisotopic (exact) mass is 262 g/mol. The minimum absolute atomic E-state index is 0.100. The number of carbonyl (C=O) groups excluding carboxylic acids is 1. The van der Waals surface area contributed by atoms with Crippen molar-refractivity contribution < 1.29 is 22.7 Å². The lowest BCUT2D eigenvalue weighted by atomic mass is 10.2. The summed E-state index contributed by atoms with van der Waals surface area (Å²) < 4.78 is 42.1. The van der Waals surface area contributed by atoms with Crippen molar-refractivity contribution in [3.05, 3.63) is 29.8 Å². The molecular weight excluding hydrogens is 249 g/mol. The fourth-order valence-corrected chi connectivity index (χ4v) is 1.28. The molecule has 0 spiro atoms. The maximum atomic E-state index is 12.4. The highest BCUT2D eigenvalue weighted by molar-refractivity contribution is 5.90. The SMILES string of the molecule is CCOCN(C(N)=O)c1ccc(C(F)(F)F)cc1. The maximum Gasteiger partial charge on any atom is 0.416 e. The predicted octanol–water partition coefficient (Wildman–Crippen LogP) is 2.58. The number of carbonyl (C=O) groups is 1. The largest absolute Gasteiger partial charge is 0.416 e. The Morgan fingerprint density at radius 2 is 1.89 bits per heavy atom. The Balaban J connectivity index is 2.90. The molecule has 1 aromatic carbocycles. The first kappa shape index (κ1) is 14.3. The van der Waals surface area contributed by atoms with Crippen molar-refractivity contribution in [2.45, 2.75) is 13.1 Å². The molecule has 0 saturated heterocycles. The minimum atomic E-state index is -4.41. The molecule has 0 aliphatic carbocycles. The predicted molar refractivity (Wildman–Crippen MR) is 60.0 cm³/mol. The van der Waals surface area contributed by atoms with Gasteiger partial charge in [0.05, 0.1) is 5.56 Å². The quantitative estimate of drug-likeness (QED) is 0.848. The van der Waals surface area contributed by atoms with Crippen molar-refractivity contribution in [1.82, 2.24) is 0 Å². The first-order valence-corrected chi connectivity index (χ1v) is 5.18. The molecule has 0 aliphatic heterocycles. The van der Waals surface area contributed by atoms with Crippen LogP contribution in [-0.4, -0.2) is 19.4 Å². The lowest BCUT2D eigenvalue weighted by molar-refractivity contribution is -0.137. The molecule has 4 nitrogen and oxygen atoms in total. The zero-order chi connectivity index (χ0) is 13.8.